The van der Waals surface area contributed by atoms with Crippen molar-refractivity contribution < 1.29 is 32.6 Å². The van der Waals surface area contributed by atoms with Crippen LogP contribution in [0.4, 0.5) is 28.8 Å². The van der Waals surface area contributed by atoms with Gasteiger partial charge in [0.2, 0.25) is 0 Å². The molecule has 31 heavy (non-hydrogen) atoms. The van der Waals surface area contributed by atoms with Crippen molar-refractivity contribution in [3.8, 4) is 5.75 Å². The van der Waals surface area contributed by atoms with E-state index in [1.54, 1.807) is 11.9 Å². The van der Waals surface area contributed by atoms with E-state index in [4.69, 9.17) is 5.11 Å². The Morgan fingerprint density at radius 3 is 2.48 bits per heavy atom. The fourth-order valence-electron chi connectivity index (χ4n) is 3.30. The van der Waals surface area contributed by atoms with Gasteiger partial charge in [-0.25, -0.2) is 9.78 Å². The highest BCUT2D eigenvalue weighted by molar-refractivity contribution is 8.01. The number of hydrogen-bond donors (Lipinski definition) is 1. The van der Waals surface area contributed by atoms with Gasteiger partial charge >= 0.3 is 18.4 Å². The number of halogens is 3. The number of carboxylic acids is 1. The second kappa shape index (κ2) is 9.77. The van der Waals surface area contributed by atoms with Crippen LogP contribution in [0.15, 0.2) is 34.7 Å². The van der Waals surface area contributed by atoms with E-state index in [1.165, 1.54) is 46.7 Å². The van der Waals surface area contributed by atoms with E-state index in [0.717, 1.165) is 37.4 Å². The van der Waals surface area contributed by atoms with E-state index in [0.29, 0.717) is 15.0 Å². The molecule has 2 amide bonds. The molecule has 1 saturated carbocycles. The third-order valence-corrected chi connectivity index (χ3v) is 6.88. The highest BCUT2D eigenvalue weighted by Crippen LogP contribution is 2.34. The molecule has 0 spiro atoms. The van der Waals surface area contributed by atoms with Crippen molar-refractivity contribution in [3.63, 3.8) is 0 Å². The molecule has 1 aromatic carbocycles. The normalized spacial score (nSPS) is 14.5. The number of ether oxygens (including phenoxy) is 1. The van der Waals surface area contributed by atoms with Crippen LogP contribution in [0, 0.1) is 0 Å². The highest BCUT2D eigenvalue weighted by Gasteiger charge is 2.33. The van der Waals surface area contributed by atoms with Gasteiger partial charge in [-0.15, -0.1) is 24.9 Å². The number of alkyl halides is 3. The summed E-state index contributed by atoms with van der Waals surface area (Å²) in [7, 11) is 1.57. The van der Waals surface area contributed by atoms with Crippen molar-refractivity contribution in [2.75, 3.05) is 22.6 Å². The Labute approximate surface area is 184 Å². The Bertz CT molecular complexity index is 915. The largest absolute Gasteiger partial charge is 0.573 e. The Balaban J connectivity index is 1.80. The number of carbonyl (C=O) groups excluding carboxylic acids is 1. The third-order valence-electron chi connectivity index (χ3n) is 4.63. The summed E-state index contributed by atoms with van der Waals surface area (Å²) in [4.78, 5) is 31.2. The Hall–Kier alpha value is -2.47. The summed E-state index contributed by atoms with van der Waals surface area (Å²) in [6, 6.07) is 4.79. The number of hydrogen-bond acceptors (Lipinski definition) is 6. The van der Waals surface area contributed by atoms with Gasteiger partial charge < -0.3 is 9.84 Å². The van der Waals surface area contributed by atoms with Crippen molar-refractivity contribution in [2.24, 2.45) is 0 Å². The van der Waals surface area contributed by atoms with Crippen molar-refractivity contribution in [3.05, 3.63) is 30.5 Å². The van der Waals surface area contributed by atoms with Crippen molar-refractivity contribution in [1.29, 1.82) is 0 Å². The zero-order valence-electron chi connectivity index (χ0n) is 16.5. The maximum Gasteiger partial charge on any atom is 0.573 e. The number of anilines is 2. The second-order valence-corrected chi connectivity index (χ2v) is 9.12. The zero-order chi connectivity index (χ0) is 22.6. The average molecular weight is 476 g/mol. The maximum atomic E-state index is 13.3. The molecule has 7 nitrogen and oxygen atoms in total. The van der Waals surface area contributed by atoms with Crippen LogP contribution >= 0.6 is 23.1 Å². The lowest BCUT2D eigenvalue weighted by atomic mass is 10.2. The predicted octanol–water partition coefficient (Wildman–Crippen LogP) is 5.22. The van der Waals surface area contributed by atoms with Gasteiger partial charge in [0.25, 0.3) is 0 Å². The third kappa shape index (κ3) is 6.26. The minimum Gasteiger partial charge on any atom is -0.481 e. The van der Waals surface area contributed by atoms with E-state index < -0.39 is 12.3 Å². The van der Waals surface area contributed by atoms with Crippen LogP contribution in [0.25, 0.3) is 0 Å². The molecule has 12 heteroatoms. The molecule has 0 bridgehead atoms. The molecule has 0 saturated heterocycles. The second-order valence-electron chi connectivity index (χ2n) is 6.84. The first-order valence-electron chi connectivity index (χ1n) is 9.37. The number of carbonyl (C=O) groups is 2. The highest BCUT2D eigenvalue weighted by atomic mass is 32.2. The van der Waals surface area contributed by atoms with Crippen molar-refractivity contribution >= 4 is 45.9 Å². The molecule has 1 heterocycles. The SMILES string of the molecule is CN(C(=O)N(c1ccc(OC(F)(F)F)cc1)C1CCCC1)c1ncc(SCC(=O)O)s1. The number of nitrogens with zero attached hydrogens (tertiary/aromatic N) is 3. The number of urea groups is 1. The molecule has 1 aliphatic carbocycles. The molecule has 1 N–H and O–H groups in total. The van der Waals surface area contributed by atoms with Gasteiger partial charge in [-0.1, -0.05) is 24.2 Å². The molecule has 1 fully saturated rings. The fraction of sp³-hybridized carbons (Fsp3) is 0.421. The van der Waals surface area contributed by atoms with E-state index in [9.17, 15) is 22.8 Å². The summed E-state index contributed by atoms with van der Waals surface area (Å²) in [5.74, 6) is -1.42. The van der Waals surface area contributed by atoms with Crippen LogP contribution in [-0.2, 0) is 4.79 Å². The molecule has 0 aliphatic heterocycles. The van der Waals surface area contributed by atoms with Crippen LogP contribution in [0.3, 0.4) is 0 Å². The van der Waals surface area contributed by atoms with E-state index >= 15 is 0 Å². The number of aromatic nitrogens is 1. The smallest absolute Gasteiger partial charge is 0.481 e. The summed E-state index contributed by atoms with van der Waals surface area (Å²) < 4.78 is 41.9. The molecular formula is C19H20F3N3O4S2. The fourth-order valence-corrected chi connectivity index (χ4v) is 4.93. The lowest BCUT2D eigenvalue weighted by Gasteiger charge is -2.32. The van der Waals surface area contributed by atoms with Crippen molar-refractivity contribution in [1.82, 2.24) is 4.98 Å². The van der Waals surface area contributed by atoms with Crippen LogP contribution < -0.4 is 14.5 Å². The number of benzene rings is 1. The van der Waals surface area contributed by atoms with Gasteiger partial charge in [-0.05, 0) is 37.1 Å². The molecule has 1 aromatic heterocycles. The standard InChI is InChI=1S/C19H20F3N3O4S2/c1-24(17-23-10-16(31-17)30-11-15(26)27)18(28)25(12-4-2-3-5-12)13-6-8-14(9-7-13)29-19(20,21)22/h6-10,12H,2-5,11H2,1H3,(H,26,27). The van der Waals surface area contributed by atoms with Gasteiger partial charge in [0.05, 0.1) is 16.2 Å². The van der Waals surface area contributed by atoms with Crippen molar-refractivity contribution in [2.45, 2.75) is 42.3 Å². The molecule has 0 radical (unpaired) electrons. The molecule has 0 atom stereocenters. The van der Waals surface area contributed by atoms with Crippen LogP contribution in [0.2, 0.25) is 0 Å². The number of carboxylic acid groups (broad SMARTS) is 1. The predicted molar refractivity (Wildman–Crippen MR) is 112 cm³/mol. The quantitative estimate of drug-likeness (QED) is 0.553. The minimum absolute atomic E-state index is 0.0786. The Kier molecular flexibility index (Phi) is 7.31. The molecule has 0 unspecified atom stereocenters. The van der Waals surface area contributed by atoms with Crippen LogP contribution in [0.1, 0.15) is 25.7 Å². The van der Waals surface area contributed by atoms with Gasteiger partial charge in [0.1, 0.15) is 5.75 Å². The van der Waals surface area contributed by atoms with Gasteiger partial charge in [0.15, 0.2) is 5.13 Å². The number of rotatable bonds is 7. The van der Waals surface area contributed by atoms with E-state index in [1.807, 2.05) is 0 Å². The molecular weight excluding hydrogens is 455 g/mol. The lowest BCUT2D eigenvalue weighted by molar-refractivity contribution is -0.274. The summed E-state index contributed by atoms with van der Waals surface area (Å²) in [5, 5.41) is 9.20. The summed E-state index contributed by atoms with van der Waals surface area (Å²) in [5.41, 5.74) is 0.468. The molecule has 2 aromatic rings. The Morgan fingerprint density at radius 1 is 1.26 bits per heavy atom. The number of thiazole rings is 1. The van der Waals surface area contributed by atoms with E-state index in [2.05, 4.69) is 9.72 Å². The van der Waals surface area contributed by atoms with Gasteiger partial charge in [-0.2, -0.15) is 0 Å². The summed E-state index contributed by atoms with van der Waals surface area (Å²) in [6.45, 7) is 0. The Morgan fingerprint density at radius 2 is 1.90 bits per heavy atom. The van der Waals surface area contributed by atoms with Crippen LogP contribution in [-0.4, -0.2) is 47.3 Å². The number of amides is 2. The molecule has 3 rings (SSSR count). The first-order chi connectivity index (χ1) is 14.6. The van der Waals surface area contributed by atoms with Gasteiger partial charge in [0, 0.05) is 18.8 Å². The first kappa shape index (κ1) is 23.2. The zero-order valence-corrected chi connectivity index (χ0v) is 18.1. The number of aliphatic carboxylic acids is 1. The molecule has 1 aliphatic rings. The lowest BCUT2D eigenvalue weighted by Crippen LogP contribution is -2.46. The van der Waals surface area contributed by atoms with E-state index in [-0.39, 0.29) is 23.6 Å². The average Bonchev–Trinajstić information content (AvgIpc) is 3.38. The minimum atomic E-state index is -4.79. The summed E-state index contributed by atoms with van der Waals surface area (Å²) >= 11 is 2.31. The summed E-state index contributed by atoms with van der Waals surface area (Å²) in [6.07, 6.45) is 0.224. The van der Waals surface area contributed by atoms with Gasteiger partial charge in [-0.3, -0.25) is 14.6 Å². The van der Waals surface area contributed by atoms with Crippen LogP contribution in [0.5, 0.6) is 5.75 Å². The number of thioether (sulfide) groups is 1. The monoisotopic (exact) mass is 475 g/mol. The topological polar surface area (TPSA) is 83.0 Å². The molecule has 168 valence electrons. The maximum absolute atomic E-state index is 13.3. The first-order valence-corrected chi connectivity index (χ1v) is 11.2.